The minimum atomic E-state index is -4.94. The summed E-state index contributed by atoms with van der Waals surface area (Å²) in [4.78, 5) is 23.8. The van der Waals surface area contributed by atoms with E-state index in [9.17, 15) is 18.0 Å². The van der Waals surface area contributed by atoms with Crippen LogP contribution in [0.25, 0.3) is 16.9 Å². The molecule has 0 aliphatic heterocycles. The average molecular weight is 496 g/mol. The van der Waals surface area contributed by atoms with Crippen molar-refractivity contribution in [3.05, 3.63) is 64.5 Å². The number of carbonyl (C=O) groups excluding carboxylic acids is 1. The van der Waals surface area contributed by atoms with Gasteiger partial charge in [-0.25, -0.2) is 15.0 Å². The number of Topliss-reactive ketones (excluding diaryl/α,β-unsaturated/α-hetero) is 1. The fraction of sp³-hybridized carbons (Fsp3) is 0.150. The van der Waals surface area contributed by atoms with Gasteiger partial charge in [0.15, 0.2) is 5.65 Å². The molecule has 0 unspecified atom stereocenters. The first-order valence-corrected chi connectivity index (χ1v) is 10.2. The summed E-state index contributed by atoms with van der Waals surface area (Å²) in [6.45, 7) is 0.716. The monoisotopic (exact) mass is 495 g/mol. The number of pyridine rings is 1. The van der Waals surface area contributed by atoms with Crippen molar-refractivity contribution in [1.29, 1.82) is 0 Å². The van der Waals surface area contributed by atoms with Crippen molar-refractivity contribution in [1.82, 2.24) is 24.6 Å². The highest BCUT2D eigenvalue weighted by molar-refractivity contribution is 6.36. The summed E-state index contributed by atoms with van der Waals surface area (Å²) in [7, 11) is 0. The number of hydrogen-bond acceptors (Lipinski definition) is 7. The van der Waals surface area contributed by atoms with Crippen LogP contribution in [0, 0.1) is 0 Å². The maximum atomic E-state index is 12.5. The van der Waals surface area contributed by atoms with Gasteiger partial charge < -0.3 is 10.6 Å². The predicted octanol–water partition coefficient (Wildman–Crippen LogP) is 4.76. The Kier molecular flexibility index (Phi) is 6.34. The standard InChI is InChI=1S/C20H14Cl2F3N7O/c21-12-2-3-13(14(22)7-12)15-8-17-29-10-30-32(17)19(31-15)27-6-5-26-16-4-1-11(9-28-16)18(33)20(23,24)25/h1-4,7-10H,5-6H2,(H,26,28)(H,27,31). The predicted molar refractivity (Wildman–Crippen MR) is 118 cm³/mol. The molecule has 8 nitrogen and oxygen atoms in total. The zero-order chi connectivity index (χ0) is 23.6. The number of hydrogen-bond donors (Lipinski definition) is 2. The van der Waals surface area contributed by atoms with E-state index in [2.05, 4.69) is 30.7 Å². The number of anilines is 2. The summed E-state index contributed by atoms with van der Waals surface area (Å²) in [5.41, 5.74) is 1.26. The van der Waals surface area contributed by atoms with Crippen LogP contribution in [-0.4, -0.2) is 49.6 Å². The first-order chi connectivity index (χ1) is 15.7. The van der Waals surface area contributed by atoms with Crippen molar-refractivity contribution in [2.24, 2.45) is 0 Å². The molecule has 1 aromatic carbocycles. The largest absolute Gasteiger partial charge is 0.454 e. The van der Waals surface area contributed by atoms with Gasteiger partial charge in [-0.05, 0) is 30.3 Å². The number of nitrogens with zero attached hydrogens (tertiary/aromatic N) is 5. The summed E-state index contributed by atoms with van der Waals surface area (Å²) in [5.74, 6) is -1.21. The number of nitrogens with one attached hydrogen (secondary N) is 2. The molecule has 0 atom stereocenters. The molecule has 0 saturated carbocycles. The fourth-order valence-corrected chi connectivity index (χ4v) is 3.44. The molecule has 4 rings (SSSR count). The maximum Gasteiger partial charge on any atom is 0.454 e. The summed E-state index contributed by atoms with van der Waals surface area (Å²) < 4.78 is 38.9. The molecule has 2 N–H and O–H groups in total. The van der Waals surface area contributed by atoms with E-state index in [1.807, 2.05) is 0 Å². The molecular formula is C20H14Cl2F3N7O. The molecule has 4 aromatic rings. The number of carbonyl (C=O) groups is 1. The number of benzene rings is 1. The van der Waals surface area contributed by atoms with Gasteiger partial charge in [-0.15, -0.1) is 0 Å². The highest BCUT2D eigenvalue weighted by Crippen LogP contribution is 2.30. The van der Waals surface area contributed by atoms with Crippen molar-refractivity contribution in [2.45, 2.75) is 6.18 Å². The van der Waals surface area contributed by atoms with E-state index in [1.54, 1.807) is 24.3 Å². The first-order valence-electron chi connectivity index (χ1n) is 9.44. The lowest BCUT2D eigenvalue weighted by Crippen LogP contribution is -2.23. The molecule has 0 amide bonds. The fourth-order valence-electron chi connectivity index (χ4n) is 2.94. The average Bonchev–Trinajstić information content (AvgIpc) is 3.25. The molecule has 13 heteroatoms. The summed E-state index contributed by atoms with van der Waals surface area (Å²) >= 11 is 12.3. The number of fused-ring (bicyclic) bond motifs is 1. The van der Waals surface area contributed by atoms with Gasteiger partial charge in [0, 0.05) is 41.5 Å². The summed E-state index contributed by atoms with van der Waals surface area (Å²) in [6, 6.07) is 9.18. The Balaban J connectivity index is 1.43. The molecule has 0 spiro atoms. The molecule has 0 saturated heterocycles. The van der Waals surface area contributed by atoms with Crippen molar-refractivity contribution in [3.8, 4) is 11.3 Å². The highest BCUT2D eigenvalue weighted by atomic mass is 35.5. The third kappa shape index (κ3) is 5.15. The summed E-state index contributed by atoms with van der Waals surface area (Å²) in [6.07, 6.45) is -2.67. The number of ketones is 1. The van der Waals surface area contributed by atoms with E-state index >= 15 is 0 Å². The van der Waals surface area contributed by atoms with Gasteiger partial charge in [0.1, 0.15) is 12.1 Å². The minimum Gasteiger partial charge on any atom is -0.368 e. The second-order valence-electron chi connectivity index (χ2n) is 6.73. The molecule has 0 aliphatic rings. The molecule has 3 aromatic heterocycles. The quantitative estimate of drug-likeness (QED) is 0.281. The number of halogens is 5. The van der Waals surface area contributed by atoms with Gasteiger partial charge >= 0.3 is 6.18 Å². The minimum absolute atomic E-state index is 0.316. The number of rotatable bonds is 7. The molecule has 0 aliphatic carbocycles. The topological polar surface area (TPSA) is 97.1 Å². The zero-order valence-electron chi connectivity index (χ0n) is 16.6. The molecule has 0 fully saturated rings. The van der Waals surface area contributed by atoms with E-state index in [-0.39, 0.29) is 0 Å². The van der Waals surface area contributed by atoms with Crippen LogP contribution in [0.1, 0.15) is 10.4 Å². The third-order valence-corrected chi connectivity index (χ3v) is 5.02. The van der Waals surface area contributed by atoms with Gasteiger partial charge in [0.05, 0.1) is 10.7 Å². The van der Waals surface area contributed by atoms with Crippen molar-refractivity contribution in [2.75, 3.05) is 23.7 Å². The van der Waals surface area contributed by atoms with E-state index < -0.39 is 17.5 Å². The van der Waals surface area contributed by atoms with Gasteiger partial charge in [-0.2, -0.15) is 22.8 Å². The van der Waals surface area contributed by atoms with Gasteiger partial charge in [-0.1, -0.05) is 23.2 Å². The van der Waals surface area contributed by atoms with Crippen molar-refractivity contribution in [3.63, 3.8) is 0 Å². The van der Waals surface area contributed by atoms with Gasteiger partial charge in [-0.3, -0.25) is 4.79 Å². The van der Waals surface area contributed by atoms with Crippen molar-refractivity contribution < 1.29 is 18.0 Å². The Hall–Kier alpha value is -3.44. The van der Waals surface area contributed by atoms with E-state index in [0.717, 1.165) is 12.3 Å². The van der Waals surface area contributed by atoms with E-state index in [4.69, 9.17) is 23.2 Å². The van der Waals surface area contributed by atoms with Crippen LogP contribution in [0.2, 0.25) is 10.0 Å². The third-order valence-electron chi connectivity index (χ3n) is 4.47. The Morgan fingerprint density at radius 1 is 1.03 bits per heavy atom. The Bertz CT molecular complexity index is 1310. The smallest absolute Gasteiger partial charge is 0.368 e. The molecule has 0 radical (unpaired) electrons. The molecule has 170 valence electrons. The zero-order valence-corrected chi connectivity index (χ0v) is 18.1. The normalized spacial score (nSPS) is 11.5. The summed E-state index contributed by atoms with van der Waals surface area (Å²) in [5, 5.41) is 11.1. The molecule has 3 heterocycles. The van der Waals surface area contributed by atoms with Crippen LogP contribution < -0.4 is 10.6 Å². The Morgan fingerprint density at radius 3 is 2.52 bits per heavy atom. The van der Waals surface area contributed by atoms with Crippen LogP contribution >= 0.6 is 23.2 Å². The molecule has 0 bridgehead atoms. The maximum absolute atomic E-state index is 12.5. The number of alkyl halides is 3. The highest BCUT2D eigenvalue weighted by Gasteiger charge is 2.39. The van der Waals surface area contributed by atoms with Crippen molar-refractivity contribution >= 4 is 46.4 Å². The second kappa shape index (κ2) is 9.20. The van der Waals surface area contributed by atoms with Gasteiger partial charge in [0.25, 0.3) is 5.78 Å². The lowest BCUT2D eigenvalue weighted by molar-refractivity contribution is -0.0885. The molecular weight excluding hydrogens is 482 g/mol. The lowest BCUT2D eigenvalue weighted by Gasteiger charge is -2.11. The Morgan fingerprint density at radius 2 is 1.82 bits per heavy atom. The van der Waals surface area contributed by atoms with Crippen LogP contribution in [0.4, 0.5) is 24.9 Å². The molecule has 33 heavy (non-hydrogen) atoms. The van der Waals surface area contributed by atoms with E-state index in [0.29, 0.717) is 51.8 Å². The van der Waals surface area contributed by atoms with Gasteiger partial charge in [0.2, 0.25) is 5.95 Å². The SMILES string of the molecule is O=C(c1ccc(NCCNc2nc(-c3ccc(Cl)cc3Cl)cc3ncnn23)nc1)C(F)(F)F. The van der Waals surface area contributed by atoms with Crippen LogP contribution in [-0.2, 0) is 0 Å². The lowest BCUT2D eigenvalue weighted by atomic mass is 10.1. The van der Waals surface area contributed by atoms with Crippen LogP contribution in [0.3, 0.4) is 0 Å². The second-order valence-corrected chi connectivity index (χ2v) is 7.58. The van der Waals surface area contributed by atoms with Crippen LogP contribution in [0.5, 0.6) is 0 Å². The number of aromatic nitrogens is 5. The van der Waals surface area contributed by atoms with E-state index in [1.165, 1.54) is 16.9 Å². The van der Waals surface area contributed by atoms with Crippen LogP contribution in [0.15, 0.2) is 48.9 Å². The Labute approximate surface area is 194 Å². The first kappa shape index (κ1) is 22.7.